The van der Waals surface area contributed by atoms with Crippen LogP contribution in [-0.2, 0) is 28.5 Å². The van der Waals surface area contributed by atoms with Gasteiger partial charge in [0.1, 0.15) is 31.0 Å². The third-order valence-corrected chi connectivity index (χ3v) is 9.00. The number of hydrogen-bond donors (Lipinski definition) is 3. The fraction of sp³-hybridized carbons (Fsp3) is 0.639. The average Bonchev–Trinajstić information content (AvgIpc) is 3.71. The van der Waals surface area contributed by atoms with E-state index in [4.69, 9.17) is 24.1 Å². The highest BCUT2D eigenvalue weighted by molar-refractivity contribution is 5.98. The molecule has 2 amide bonds. The van der Waals surface area contributed by atoms with Crippen LogP contribution in [0.25, 0.3) is 6.08 Å². The van der Waals surface area contributed by atoms with Crippen molar-refractivity contribution < 1.29 is 43.5 Å². The Morgan fingerprint density at radius 3 is 2.49 bits per heavy atom. The lowest BCUT2D eigenvalue weighted by Gasteiger charge is -2.33. The van der Waals surface area contributed by atoms with Crippen molar-refractivity contribution in [3.05, 3.63) is 53.3 Å². The highest BCUT2D eigenvalue weighted by Crippen LogP contribution is 2.43. The maximum atomic E-state index is 14.0. The van der Waals surface area contributed by atoms with Crippen LogP contribution in [0.5, 0.6) is 0 Å². The number of benzene rings is 1. The molecule has 1 aromatic carbocycles. The maximum Gasteiger partial charge on any atom is 0.339 e. The van der Waals surface area contributed by atoms with Gasteiger partial charge in [0.2, 0.25) is 11.8 Å². The molecule has 260 valence electrons. The van der Waals surface area contributed by atoms with E-state index in [-0.39, 0.29) is 44.6 Å². The molecule has 11 heteroatoms. The van der Waals surface area contributed by atoms with E-state index in [1.165, 1.54) is 6.26 Å². The number of aliphatic hydroxyl groups excluding tert-OH is 2. The fourth-order valence-electron chi connectivity index (χ4n) is 6.63. The van der Waals surface area contributed by atoms with Crippen molar-refractivity contribution in [1.82, 2.24) is 10.2 Å². The van der Waals surface area contributed by atoms with Gasteiger partial charge in [-0.05, 0) is 49.5 Å². The van der Waals surface area contributed by atoms with Crippen molar-refractivity contribution in [3.63, 3.8) is 0 Å². The highest BCUT2D eigenvalue weighted by Gasteiger charge is 2.53. The Balaban J connectivity index is 1.62. The molecule has 1 aliphatic carbocycles. The Morgan fingerprint density at radius 1 is 1.04 bits per heavy atom. The SMILES string of the molecule is CCCCCC1(CCCCC)O[C@@H]2[C@@H](C=C(C(=O)N3CCC[C@@H]3C(=O)NCCO)C[C@H]2OC(=O)c2ccccc2C=COCCO)O1. The van der Waals surface area contributed by atoms with Gasteiger partial charge in [-0.2, -0.15) is 0 Å². The molecular weight excluding hydrogens is 604 g/mol. The number of fused-ring (bicyclic) bond motifs is 1. The number of esters is 1. The van der Waals surface area contributed by atoms with Crippen molar-refractivity contribution in [3.8, 4) is 0 Å². The molecule has 2 heterocycles. The number of likely N-dealkylation sites (tertiary alicyclic amines) is 1. The second-order valence-corrected chi connectivity index (χ2v) is 12.5. The summed E-state index contributed by atoms with van der Waals surface area (Å²) in [4.78, 5) is 42.2. The van der Waals surface area contributed by atoms with E-state index in [0.717, 1.165) is 38.5 Å². The third kappa shape index (κ3) is 9.65. The lowest BCUT2D eigenvalue weighted by molar-refractivity contribution is -0.190. The molecule has 3 N–H and O–H groups in total. The zero-order valence-electron chi connectivity index (χ0n) is 27.9. The summed E-state index contributed by atoms with van der Waals surface area (Å²) < 4.78 is 24.9. The molecular formula is C36H52N2O9. The number of carbonyl (C=O) groups is 3. The molecule has 0 bridgehead atoms. The first-order chi connectivity index (χ1) is 22.9. The van der Waals surface area contributed by atoms with Gasteiger partial charge in [0.15, 0.2) is 5.79 Å². The van der Waals surface area contributed by atoms with Gasteiger partial charge >= 0.3 is 5.97 Å². The molecule has 0 radical (unpaired) electrons. The number of ether oxygens (including phenoxy) is 4. The predicted octanol–water partition coefficient (Wildman–Crippen LogP) is 4.26. The number of aliphatic hydroxyl groups is 2. The minimum atomic E-state index is -0.843. The summed E-state index contributed by atoms with van der Waals surface area (Å²) in [6.07, 6.45) is 11.7. The lowest BCUT2D eigenvalue weighted by atomic mass is 9.91. The minimum Gasteiger partial charge on any atom is -0.499 e. The normalized spacial score (nSPS) is 23.4. The number of unbranched alkanes of at least 4 members (excludes halogenated alkanes) is 4. The molecule has 0 saturated carbocycles. The summed E-state index contributed by atoms with van der Waals surface area (Å²) in [6.45, 7) is 4.67. The number of amides is 2. The molecule has 2 saturated heterocycles. The van der Waals surface area contributed by atoms with Crippen LogP contribution >= 0.6 is 0 Å². The Labute approximate surface area is 278 Å². The monoisotopic (exact) mass is 656 g/mol. The maximum absolute atomic E-state index is 14.0. The van der Waals surface area contributed by atoms with Gasteiger partial charge in [-0.15, -0.1) is 0 Å². The van der Waals surface area contributed by atoms with Crippen molar-refractivity contribution in [2.45, 2.75) is 115 Å². The van der Waals surface area contributed by atoms with Crippen LogP contribution in [-0.4, -0.2) is 95.9 Å². The van der Waals surface area contributed by atoms with E-state index < -0.39 is 36.1 Å². The van der Waals surface area contributed by atoms with Crippen LogP contribution in [0.1, 0.15) is 100 Å². The number of carbonyl (C=O) groups excluding carboxylic acids is 3. The standard InChI is InChI=1S/C36H52N2O9/c1-3-5-9-16-36(17-10-6-4-2)46-31-25-27(34(42)38-19-11-14-29(38)33(41)37-18-20-39)24-30(32(31)47-36)45-35(43)28-13-8-7-12-26(28)15-22-44-23-21-40/h7-8,12-13,15,22,25,29-32,39-40H,3-6,9-11,14,16-21,23-24H2,1-2H3,(H,37,41)/t29-,30-,31-,32+/m1/s1. The van der Waals surface area contributed by atoms with Crippen molar-refractivity contribution >= 4 is 23.9 Å². The molecule has 47 heavy (non-hydrogen) atoms. The summed E-state index contributed by atoms with van der Waals surface area (Å²) in [5.74, 6) is -1.98. The molecule has 3 aliphatic rings. The van der Waals surface area contributed by atoms with Crippen LogP contribution in [0.4, 0.5) is 0 Å². The summed E-state index contributed by atoms with van der Waals surface area (Å²) in [7, 11) is 0. The van der Waals surface area contributed by atoms with Crippen LogP contribution in [0.15, 0.2) is 42.2 Å². The van der Waals surface area contributed by atoms with Crippen LogP contribution in [0.3, 0.4) is 0 Å². The smallest absolute Gasteiger partial charge is 0.339 e. The zero-order chi connectivity index (χ0) is 33.6. The van der Waals surface area contributed by atoms with Crippen LogP contribution in [0.2, 0.25) is 0 Å². The highest BCUT2D eigenvalue weighted by atomic mass is 16.8. The van der Waals surface area contributed by atoms with Gasteiger partial charge in [0.25, 0.3) is 0 Å². The molecule has 2 fully saturated rings. The van der Waals surface area contributed by atoms with Gasteiger partial charge in [0, 0.05) is 37.9 Å². The molecule has 4 atom stereocenters. The van der Waals surface area contributed by atoms with Gasteiger partial charge < -0.3 is 39.4 Å². The number of nitrogens with zero attached hydrogens (tertiary/aromatic N) is 1. The Hall–Kier alpha value is -3.25. The van der Waals surface area contributed by atoms with Gasteiger partial charge in [-0.1, -0.05) is 57.7 Å². The van der Waals surface area contributed by atoms with E-state index in [1.54, 1.807) is 35.2 Å². The predicted molar refractivity (Wildman–Crippen MR) is 176 cm³/mol. The molecule has 0 unspecified atom stereocenters. The van der Waals surface area contributed by atoms with E-state index in [1.807, 2.05) is 6.08 Å². The molecule has 11 nitrogen and oxygen atoms in total. The van der Waals surface area contributed by atoms with Crippen molar-refractivity contribution in [2.75, 3.05) is 32.9 Å². The number of nitrogens with one attached hydrogen (secondary N) is 1. The van der Waals surface area contributed by atoms with Crippen LogP contribution < -0.4 is 5.32 Å². The van der Waals surface area contributed by atoms with Crippen molar-refractivity contribution in [2.24, 2.45) is 0 Å². The minimum absolute atomic E-state index is 0.119. The van der Waals surface area contributed by atoms with Gasteiger partial charge in [0.05, 0.1) is 25.0 Å². The number of hydrogen-bond acceptors (Lipinski definition) is 9. The fourth-order valence-corrected chi connectivity index (χ4v) is 6.63. The molecule has 2 aliphatic heterocycles. The summed E-state index contributed by atoms with van der Waals surface area (Å²) >= 11 is 0. The average molecular weight is 657 g/mol. The zero-order valence-corrected chi connectivity index (χ0v) is 27.9. The quantitative estimate of drug-likeness (QED) is 0.120. The van der Waals surface area contributed by atoms with E-state index in [9.17, 15) is 19.5 Å². The molecule has 1 aromatic rings. The van der Waals surface area contributed by atoms with E-state index in [2.05, 4.69) is 19.2 Å². The molecule has 0 aromatic heterocycles. The van der Waals surface area contributed by atoms with Gasteiger partial charge in [-0.3, -0.25) is 9.59 Å². The summed E-state index contributed by atoms with van der Waals surface area (Å²) in [5, 5.41) is 20.9. The lowest BCUT2D eigenvalue weighted by Crippen LogP contribution is -2.49. The summed E-state index contributed by atoms with van der Waals surface area (Å²) in [6, 6.07) is 6.35. The first kappa shape index (κ1) is 36.6. The Kier molecular flexibility index (Phi) is 14.3. The first-order valence-corrected chi connectivity index (χ1v) is 17.3. The first-order valence-electron chi connectivity index (χ1n) is 17.3. The van der Waals surface area contributed by atoms with E-state index >= 15 is 0 Å². The van der Waals surface area contributed by atoms with E-state index in [0.29, 0.717) is 48.9 Å². The topological polar surface area (TPSA) is 144 Å². The largest absolute Gasteiger partial charge is 0.499 e. The third-order valence-electron chi connectivity index (χ3n) is 9.00. The Morgan fingerprint density at radius 2 is 1.79 bits per heavy atom. The Bertz CT molecular complexity index is 1240. The second-order valence-electron chi connectivity index (χ2n) is 12.5. The second kappa shape index (κ2) is 18.3. The summed E-state index contributed by atoms with van der Waals surface area (Å²) in [5.41, 5.74) is 1.34. The van der Waals surface area contributed by atoms with Gasteiger partial charge in [-0.25, -0.2) is 4.79 Å². The number of rotatable bonds is 18. The van der Waals surface area contributed by atoms with Crippen molar-refractivity contribution in [1.29, 1.82) is 0 Å². The molecule has 0 spiro atoms. The molecule has 4 rings (SSSR count). The van der Waals surface area contributed by atoms with Crippen LogP contribution in [0, 0.1) is 0 Å².